The SMILES string of the molecule is CCn1nccc1CN(C)C(=O)c1c(C)nn(CC)c1C. The van der Waals surface area contributed by atoms with E-state index in [1.165, 1.54) is 0 Å². The van der Waals surface area contributed by atoms with Crippen LogP contribution in [0.25, 0.3) is 0 Å². The van der Waals surface area contributed by atoms with E-state index in [-0.39, 0.29) is 5.91 Å². The lowest BCUT2D eigenvalue weighted by molar-refractivity contribution is 0.0780. The van der Waals surface area contributed by atoms with Crippen molar-refractivity contribution in [1.29, 1.82) is 0 Å². The third-order valence-corrected chi connectivity index (χ3v) is 3.74. The molecule has 6 nitrogen and oxygen atoms in total. The standard InChI is InChI=1S/C15H23N5O/c1-6-19-12(4)14(11(3)17-19)15(21)18(5)10-13-8-9-16-20(13)7-2/h8-9H,6-7,10H2,1-5H3. The van der Waals surface area contributed by atoms with Gasteiger partial charge in [0.15, 0.2) is 0 Å². The second-order valence-electron chi connectivity index (χ2n) is 5.16. The Hall–Kier alpha value is -2.11. The summed E-state index contributed by atoms with van der Waals surface area (Å²) in [6.45, 7) is 10.0. The highest BCUT2D eigenvalue weighted by Gasteiger charge is 2.22. The van der Waals surface area contributed by atoms with Crippen LogP contribution in [0, 0.1) is 13.8 Å². The minimum atomic E-state index is 0.00792. The van der Waals surface area contributed by atoms with Crippen molar-refractivity contribution in [2.75, 3.05) is 7.05 Å². The summed E-state index contributed by atoms with van der Waals surface area (Å²) < 4.78 is 3.77. The Bertz CT molecular complexity index is 641. The molecule has 114 valence electrons. The van der Waals surface area contributed by atoms with E-state index in [0.717, 1.165) is 30.2 Å². The first-order valence-electron chi connectivity index (χ1n) is 7.29. The van der Waals surface area contributed by atoms with Crippen molar-refractivity contribution < 1.29 is 4.79 Å². The van der Waals surface area contributed by atoms with Crippen molar-refractivity contribution in [3.63, 3.8) is 0 Å². The van der Waals surface area contributed by atoms with E-state index in [1.54, 1.807) is 11.1 Å². The van der Waals surface area contributed by atoms with Gasteiger partial charge in [0.05, 0.1) is 23.5 Å². The lowest BCUT2D eigenvalue weighted by Gasteiger charge is -2.18. The third-order valence-electron chi connectivity index (χ3n) is 3.74. The molecule has 0 saturated carbocycles. The predicted molar refractivity (Wildman–Crippen MR) is 81.1 cm³/mol. The van der Waals surface area contributed by atoms with Crippen molar-refractivity contribution in [2.45, 2.75) is 47.3 Å². The number of amides is 1. The second kappa shape index (κ2) is 6.11. The van der Waals surface area contributed by atoms with E-state index >= 15 is 0 Å². The molecule has 0 aliphatic carbocycles. The fraction of sp³-hybridized carbons (Fsp3) is 0.533. The third kappa shape index (κ3) is 2.84. The van der Waals surface area contributed by atoms with Gasteiger partial charge in [-0.25, -0.2) is 0 Å². The molecule has 0 aromatic carbocycles. The van der Waals surface area contributed by atoms with Crippen LogP contribution in [-0.4, -0.2) is 37.4 Å². The Morgan fingerprint density at radius 2 is 1.90 bits per heavy atom. The molecule has 0 bridgehead atoms. The maximum atomic E-state index is 12.7. The van der Waals surface area contributed by atoms with Gasteiger partial charge in [0.2, 0.25) is 0 Å². The number of nitrogens with zero attached hydrogens (tertiary/aromatic N) is 5. The van der Waals surface area contributed by atoms with Gasteiger partial charge in [0.25, 0.3) is 5.91 Å². The topological polar surface area (TPSA) is 56.0 Å². The van der Waals surface area contributed by atoms with E-state index in [2.05, 4.69) is 10.2 Å². The number of hydrogen-bond acceptors (Lipinski definition) is 3. The minimum Gasteiger partial charge on any atom is -0.336 e. The molecule has 0 aliphatic heterocycles. The largest absolute Gasteiger partial charge is 0.336 e. The van der Waals surface area contributed by atoms with Crippen LogP contribution in [0.15, 0.2) is 12.3 Å². The highest BCUT2D eigenvalue weighted by Crippen LogP contribution is 2.16. The summed E-state index contributed by atoms with van der Waals surface area (Å²) in [6, 6.07) is 1.95. The zero-order valence-corrected chi connectivity index (χ0v) is 13.4. The summed E-state index contributed by atoms with van der Waals surface area (Å²) in [5.41, 5.74) is 3.46. The summed E-state index contributed by atoms with van der Waals surface area (Å²) in [4.78, 5) is 14.4. The van der Waals surface area contributed by atoms with E-state index in [9.17, 15) is 4.79 Å². The molecule has 21 heavy (non-hydrogen) atoms. The minimum absolute atomic E-state index is 0.00792. The highest BCUT2D eigenvalue weighted by atomic mass is 16.2. The molecular weight excluding hydrogens is 266 g/mol. The molecule has 2 aromatic heterocycles. The lowest BCUT2D eigenvalue weighted by Crippen LogP contribution is -2.28. The lowest BCUT2D eigenvalue weighted by atomic mass is 10.1. The molecule has 2 rings (SSSR count). The molecule has 0 spiro atoms. The Labute approximate surface area is 125 Å². The molecule has 6 heteroatoms. The molecule has 0 aliphatic rings. The van der Waals surface area contributed by atoms with Crippen molar-refractivity contribution >= 4 is 5.91 Å². The van der Waals surface area contributed by atoms with Crippen molar-refractivity contribution in [3.05, 3.63) is 34.9 Å². The average molecular weight is 289 g/mol. The molecule has 0 radical (unpaired) electrons. The van der Waals surface area contributed by atoms with Crippen LogP contribution in [0.4, 0.5) is 0 Å². The second-order valence-corrected chi connectivity index (χ2v) is 5.16. The number of aromatic nitrogens is 4. The van der Waals surface area contributed by atoms with Crippen LogP contribution in [0.2, 0.25) is 0 Å². The Balaban J connectivity index is 2.22. The smallest absolute Gasteiger partial charge is 0.257 e. The molecule has 0 unspecified atom stereocenters. The number of hydrogen-bond donors (Lipinski definition) is 0. The van der Waals surface area contributed by atoms with E-state index in [0.29, 0.717) is 12.1 Å². The van der Waals surface area contributed by atoms with Crippen molar-refractivity contribution in [2.24, 2.45) is 0 Å². The van der Waals surface area contributed by atoms with Crippen LogP contribution < -0.4 is 0 Å². The summed E-state index contributed by atoms with van der Waals surface area (Å²) >= 11 is 0. The Morgan fingerprint density at radius 1 is 1.24 bits per heavy atom. The highest BCUT2D eigenvalue weighted by molar-refractivity contribution is 5.96. The van der Waals surface area contributed by atoms with Gasteiger partial charge in [-0.2, -0.15) is 10.2 Å². The van der Waals surface area contributed by atoms with Crippen LogP contribution in [-0.2, 0) is 19.6 Å². The average Bonchev–Trinajstić information content (AvgIpc) is 3.02. The van der Waals surface area contributed by atoms with Gasteiger partial charge >= 0.3 is 0 Å². The molecule has 0 saturated heterocycles. The van der Waals surface area contributed by atoms with Crippen LogP contribution in [0.1, 0.15) is 41.3 Å². The van der Waals surface area contributed by atoms with Gasteiger partial charge in [0.1, 0.15) is 0 Å². The summed E-state index contributed by atoms with van der Waals surface area (Å²) in [7, 11) is 1.82. The normalized spacial score (nSPS) is 10.9. The molecule has 0 fully saturated rings. The van der Waals surface area contributed by atoms with Gasteiger partial charge in [0, 0.05) is 32.0 Å². The molecule has 0 atom stereocenters. The monoisotopic (exact) mass is 289 g/mol. The number of carbonyl (C=O) groups excluding carboxylic acids is 1. The summed E-state index contributed by atoms with van der Waals surface area (Å²) in [5, 5.41) is 8.65. The fourth-order valence-electron chi connectivity index (χ4n) is 2.60. The van der Waals surface area contributed by atoms with E-state index < -0.39 is 0 Å². The van der Waals surface area contributed by atoms with Crippen molar-refractivity contribution in [3.8, 4) is 0 Å². The van der Waals surface area contributed by atoms with E-state index in [1.807, 2.05) is 50.2 Å². The summed E-state index contributed by atoms with van der Waals surface area (Å²) in [5.74, 6) is 0.00792. The molecule has 2 aromatic rings. The first kappa shape index (κ1) is 15.3. The summed E-state index contributed by atoms with van der Waals surface area (Å²) in [6.07, 6.45) is 1.77. The first-order valence-corrected chi connectivity index (χ1v) is 7.29. The predicted octanol–water partition coefficient (Wildman–Crippen LogP) is 2.01. The van der Waals surface area contributed by atoms with Gasteiger partial charge in [-0.05, 0) is 33.8 Å². The zero-order chi connectivity index (χ0) is 15.6. The maximum absolute atomic E-state index is 12.7. The van der Waals surface area contributed by atoms with Crippen LogP contribution in [0.3, 0.4) is 0 Å². The van der Waals surface area contributed by atoms with Gasteiger partial charge in [-0.15, -0.1) is 0 Å². The first-order chi connectivity index (χ1) is 9.99. The molecular formula is C15H23N5O. The molecule has 1 amide bonds. The van der Waals surface area contributed by atoms with Crippen molar-refractivity contribution in [1.82, 2.24) is 24.5 Å². The Kier molecular flexibility index (Phi) is 4.45. The number of aryl methyl sites for hydroxylation is 3. The van der Waals surface area contributed by atoms with Gasteiger partial charge in [-0.3, -0.25) is 14.2 Å². The zero-order valence-electron chi connectivity index (χ0n) is 13.4. The number of rotatable bonds is 5. The van der Waals surface area contributed by atoms with Crippen LogP contribution in [0.5, 0.6) is 0 Å². The maximum Gasteiger partial charge on any atom is 0.257 e. The van der Waals surface area contributed by atoms with Gasteiger partial charge < -0.3 is 4.90 Å². The van der Waals surface area contributed by atoms with Gasteiger partial charge in [-0.1, -0.05) is 0 Å². The Morgan fingerprint density at radius 3 is 2.48 bits per heavy atom. The van der Waals surface area contributed by atoms with Crippen LogP contribution >= 0.6 is 0 Å². The number of carbonyl (C=O) groups is 1. The van der Waals surface area contributed by atoms with E-state index in [4.69, 9.17) is 0 Å². The fourth-order valence-corrected chi connectivity index (χ4v) is 2.60. The molecule has 0 N–H and O–H groups in total. The molecule has 2 heterocycles. The quantitative estimate of drug-likeness (QED) is 0.846.